The van der Waals surface area contributed by atoms with Gasteiger partial charge in [-0.2, -0.15) is 18.2 Å². The predicted octanol–water partition coefficient (Wildman–Crippen LogP) is 10.6. The second-order valence-corrected chi connectivity index (χ2v) is 15.8. The van der Waals surface area contributed by atoms with Crippen LogP contribution in [0.3, 0.4) is 0 Å². The van der Waals surface area contributed by atoms with Crippen LogP contribution in [0.2, 0.25) is 0 Å². The molecule has 56 heavy (non-hydrogen) atoms. The minimum Gasteiger partial charge on any atom is -0.411 e. The Labute approximate surface area is 348 Å². The molecule has 0 radical (unpaired) electrons. The number of benzene rings is 5. The summed E-state index contributed by atoms with van der Waals surface area (Å²) < 4.78 is 6.61. The number of imidazole rings is 1. The van der Waals surface area contributed by atoms with Crippen LogP contribution in [0, 0.1) is 18.3 Å². The van der Waals surface area contributed by atoms with Gasteiger partial charge in [0.2, 0.25) is 0 Å². The van der Waals surface area contributed by atoms with E-state index in [1.54, 1.807) is 0 Å². The summed E-state index contributed by atoms with van der Waals surface area (Å²) in [6.07, 6.45) is 9.43. The number of hydrogen-bond donors (Lipinski definition) is 0. The van der Waals surface area contributed by atoms with E-state index in [9.17, 15) is 0 Å². The SMILES string of the molecule is CC(C)c1cc(-c2ccccc2)cc(C(C)C)c1-n1ccnc1-c1[c-]cccc1.CC(C)c1cccc(C(C)C)c1B1N(C)c2ccc[c-]c2-n2[c-]cc[n+]21.[Ir+3]. The van der Waals surface area contributed by atoms with Crippen LogP contribution < -0.4 is 14.9 Å². The second kappa shape index (κ2) is 17.4. The largest absolute Gasteiger partial charge is 3.00 e. The van der Waals surface area contributed by atoms with Crippen molar-refractivity contribution >= 4 is 18.1 Å². The van der Waals surface area contributed by atoms with Crippen LogP contribution in [0.15, 0.2) is 128 Å². The zero-order valence-corrected chi connectivity index (χ0v) is 36.5. The van der Waals surface area contributed by atoms with Gasteiger partial charge >= 0.3 is 27.1 Å². The number of aromatic nitrogens is 4. The average molecular weight is 914 g/mol. The van der Waals surface area contributed by atoms with Gasteiger partial charge in [0.1, 0.15) is 0 Å². The van der Waals surface area contributed by atoms with Crippen LogP contribution >= 0.6 is 0 Å². The number of rotatable bonds is 8. The summed E-state index contributed by atoms with van der Waals surface area (Å²) in [7, 11) is 2.18. The van der Waals surface area contributed by atoms with Crippen LogP contribution in [0.4, 0.5) is 5.69 Å². The first-order chi connectivity index (χ1) is 26.6. The van der Waals surface area contributed by atoms with Gasteiger partial charge in [0.25, 0.3) is 0 Å². The molecule has 1 aliphatic rings. The van der Waals surface area contributed by atoms with Crippen molar-refractivity contribution in [3.05, 3.63) is 168 Å². The molecule has 7 heteroatoms. The molecule has 284 valence electrons. The summed E-state index contributed by atoms with van der Waals surface area (Å²) >= 11 is 0. The second-order valence-electron chi connectivity index (χ2n) is 15.8. The Balaban J connectivity index is 0.000000188. The topological polar surface area (TPSA) is 29.9 Å². The summed E-state index contributed by atoms with van der Waals surface area (Å²) in [5.41, 5.74) is 13.9. The molecule has 0 atom stereocenters. The molecule has 8 rings (SSSR count). The van der Waals surface area contributed by atoms with E-state index in [0.29, 0.717) is 23.7 Å². The first kappa shape index (κ1) is 40.7. The predicted molar refractivity (Wildman–Crippen MR) is 229 cm³/mol. The van der Waals surface area contributed by atoms with E-state index in [-0.39, 0.29) is 27.1 Å². The monoisotopic (exact) mass is 914 g/mol. The Kier molecular flexibility index (Phi) is 12.7. The zero-order valence-electron chi connectivity index (χ0n) is 34.1. The van der Waals surface area contributed by atoms with Crippen molar-refractivity contribution in [2.24, 2.45) is 0 Å². The van der Waals surface area contributed by atoms with E-state index in [0.717, 1.165) is 17.1 Å². The molecule has 1 aliphatic heterocycles. The molecule has 0 bridgehead atoms. The molecule has 0 saturated carbocycles. The molecule has 2 aromatic heterocycles. The summed E-state index contributed by atoms with van der Waals surface area (Å²) in [4.78, 5) is 7.04. The maximum absolute atomic E-state index is 4.68. The van der Waals surface area contributed by atoms with Gasteiger partial charge in [0.05, 0.1) is 12.0 Å². The summed E-state index contributed by atoms with van der Waals surface area (Å²) in [5.74, 6) is 2.65. The van der Waals surface area contributed by atoms with E-state index in [1.165, 1.54) is 50.2 Å². The Hall–Kier alpha value is -4.97. The van der Waals surface area contributed by atoms with Gasteiger partial charge in [-0.1, -0.05) is 116 Å². The van der Waals surface area contributed by atoms with E-state index in [2.05, 4.69) is 196 Å². The zero-order chi connectivity index (χ0) is 38.8. The summed E-state index contributed by atoms with van der Waals surface area (Å²) in [6.45, 7) is 18.3. The van der Waals surface area contributed by atoms with E-state index in [1.807, 2.05) is 36.5 Å². The van der Waals surface area contributed by atoms with Crippen molar-refractivity contribution in [3.8, 4) is 33.9 Å². The Morgan fingerprint density at radius 3 is 1.88 bits per heavy atom. The van der Waals surface area contributed by atoms with E-state index in [4.69, 9.17) is 0 Å². The Morgan fingerprint density at radius 2 is 1.27 bits per heavy atom. The number of hydrogen-bond acceptors (Lipinski definition) is 2. The van der Waals surface area contributed by atoms with Crippen molar-refractivity contribution in [2.75, 3.05) is 11.9 Å². The van der Waals surface area contributed by atoms with Crippen LogP contribution in [-0.2, 0) is 20.1 Å². The van der Waals surface area contributed by atoms with Gasteiger partial charge < -0.3 is 9.38 Å². The fraction of sp³-hybridized carbons (Fsp3) is 0.265. The minimum absolute atomic E-state index is 0. The molecule has 0 fully saturated rings. The normalized spacial score (nSPS) is 12.1. The maximum Gasteiger partial charge on any atom is 3.00 e. The van der Waals surface area contributed by atoms with Crippen molar-refractivity contribution < 1.29 is 24.7 Å². The van der Waals surface area contributed by atoms with Gasteiger partial charge in [0, 0.05) is 23.5 Å². The van der Waals surface area contributed by atoms with Crippen LogP contribution in [0.5, 0.6) is 0 Å². The molecule has 5 nitrogen and oxygen atoms in total. The quantitative estimate of drug-likeness (QED) is 0.112. The molecule has 0 amide bonds. The van der Waals surface area contributed by atoms with Crippen LogP contribution in [-0.4, -0.2) is 28.3 Å². The standard InChI is InChI=1S/C27H27N2.C22H25BN3.Ir/c1-19(2)24-17-23(21-11-7-5-8-12-21)18-25(20(3)4)26(24)29-16-15-28-27(29)22-13-9-6-10-14-22;1-16(2)18-10-8-11-19(17(3)4)22(18)23-24(5)20-12-6-7-13-21(20)25-14-9-15-26(23)25;/h5-13,15-20H,1-4H3;6-12,15-17H,1-5H3;/q2*-1;+3. The first-order valence-corrected chi connectivity index (χ1v) is 19.7. The van der Waals surface area contributed by atoms with Gasteiger partial charge in [-0.15, -0.1) is 41.6 Å². The molecule has 0 unspecified atom stereocenters. The molecule has 0 saturated heterocycles. The molecule has 0 aliphatic carbocycles. The smallest absolute Gasteiger partial charge is 0.411 e. The van der Waals surface area contributed by atoms with E-state index < -0.39 is 0 Å². The average Bonchev–Trinajstić information content (AvgIpc) is 3.89. The molecular weight excluding hydrogens is 862 g/mol. The number of fused-ring (bicyclic) bond motifs is 3. The number of anilines is 1. The summed E-state index contributed by atoms with van der Waals surface area (Å²) in [5, 5.41) is 0. The van der Waals surface area contributed by atoms with Crippen molar-refractivity contribution in [2.45, 2.75) is 79.1 Å². The molecule has 3 heterocycles. The van der Waals surface area contributed by atoms with Crippen molar-refractivity contribution in [3.63, 3.8) is 0 Å². The van der Waals surface area contributed by atoms with Crippen LogP contribution in [0.1, 0.15) is 101 Å². The van der Waals surface area contributed by atoms with Crippen molar-refractivity contribution in [1.82, 2.24) is 14.2 Å². The van der Waals surface area contributed by atoms with Gasteiger partial charge in [-0.05, 0) is 82.4 Å². The third kappa shape index (κ3) is 7.85. The molecule has 7 aromatic rings. The third-order valence-corrected chi connectivity index (χ3v) is 10.7. The van der Waals surface area contributed by atoms with Crippen molar-refractivity contribution in [1.29, 1.82) is 0 Å². The molecule has 5 aromatic carbocycles. The Bertz CT molecular complexity index is 2320. The molecule has 0 spiro atoms. The minimum atomic E-state index is 0. The number of nitrogens with zero attached hydrogens (tertiary/aromatic N) is 5. The van der Waals surface area contributed by atoms with Gasteiger partial charge in [-0.25, -0.2) is 10.7 Å². The molecule has 0 N–H and O–H groups in total. The van der Waals surface area contributed by atoms with E-state index >= 15 is 0 Å². The molecular formula is C49H52BIrN5+. The maximum atomic E-state index is 4.68. The van der Waals surface area contributed by atoms with Gasteiger partial charge in [-0.3, -0.25) is 9.67 Å². The fourth-order valence-electron chi connectivity index (χ4n) is 7.95. The summed E-state index contributed by atoms with van der Waals surface area (Å²) in [6, 6.07) is 45.0. The first-order valence-electron chi connectivity index (χ1n) is 19.7. The Morgan fingerprint density at radius 1 is 0.643 bits per heavy atom. The van der Waals surface area contributed by atoms with Crippen LogP contribution in [0.25, 0.3) is 33.9 Å². The third-order valence-electron chi connectivity index (χ3n) is 10.7. The number of para-hydroxylation sites is 1. The fourth-order valence-corrected chi connectivity index (χ4v) is 7.95. The van der Waals surface area contributed by atoms with Gasteiger partial charge in [0.15, 0.2) is 0 Å².